The molecule has 7 heteroatoms. The van der Waals surface area contributed by atoms with E-state index >= 15 is 0 Å². The second kappa shape index (κ2) is 8.32. The molecule has 2 aliphatic heterocycles. The van der Waals surface area contributed by atoms with E-state index in [0.717, 1.165) is 58.3 Å². The molecular formula is C25H29ClN4O2. The van der Waals surface area contributed by atoms with Crippen molar-refractivity contribution in [3.8, 4) is 17.1 Å². The number of aromatic nitrogens is 3. The van der Waals surface area contributed by atoms with Crippen molar-refractivity contribution in [1.82, 2.24) is 20.1 Å². The zero-order valence-corrected chi connectivity index (χ0v) is 19.1. The number of hydrogen-bond acceptors (Lipinski definition) is 5. The Morgan fingerprint density at radius 2 is 1.91 bits per heavy atom. The third kappa shape index (κ3) is 3.58. The smallest absolute Gasteiger partial charge is 0.213 e. The van der Waals surface area contributed by atoms with Crippen molar-refractivity contribution in [2.24, 2.45) is 11.8 Å². The number of rotatable bonds is 4. The Labute approximate surface area is 193 Å². The van der Waals surface area contributed by atoms with E-state index in [9.17, 15) is 0 Å². The number of fused-ring (bicyclic) bond motifs is 2. The summed E-state index contributed by atoms with van der Waals surface area (Å²) in [7, 11) is 1.63. The number of hydrogen-bond donors (Lipinski definition) is 1. The lowest BCUT2D eigenvalue weighted by atomic mass is 9.93. The minimum atomic E-state index is 0.522. The largest absolute Gasteiger partial charge is 0.481 e. The van der Waals surface area contributed by atoms with Crippen molar-refractivity contribution in [3.05, 3.63) is 41.0 Å². The van der Waals surface area contributed by atoms with Crippen LogP contribution in [0.3, 0.4) is 0 Å². The lowest BCUT2D eigenvalue weighted by Crippen LogP contribution is -2.38. The van der Waals surface area contributed by atoms with E-state index < -0.39 is 0 Å². The molecule has 0 bridgehead atoms. The molecule has 32 heavy (non-hydrogen) atoms. The molecular weight excluding hydrogens is 424 g/mol. The summed E-state index contributed by atoms with van der Waals surface area (Å²) in [5.41, 5.74) is 4.15. The number of ether oxygens (including phenoxy) is 2. The molecule has 168 valence electrons. The van der Waals surface area contributed by atoms with Crippen LogP contribution in [0, 0.1) is 11.8 Å². The van der Waals surface area contributed by atoms with E-state index in [4.69, 9.17) is 21.1 Å². The Morgan fingerprint density at radius 3 is 2.66 bits per heavy atom. The first-order valence-electron chi connectivity index (χ1n) is 11.7. The van der Waals surface area contributed by atoms with Gasteiger partial charge in [-0.05, 0) is 67.2 Å². The highest BCUT2D eigenvalue weighted by Crippen LogP contribution is 2.49. The zero-order chi connectivity index (χ0) is 21.7. The molecule has 4 heterocycles. The predicted molar refractivity (Wildman–Crippen MR) is 125 cm³/mol. The van der Waals surface area contributed by atoms with Gasteiger partial charge in [-0.25, -0.2) is 4.98 Å². The van der Waals surface area contributed by atoms with Crippen LogP contribution < -0.4 is 4.74 Å². The summed E-state index contributed by atoms with van der Waals surface area (Å²) < 4.78 is 10.9. The Hall–Kier alpha value is -2.15. The van der Waals surface area contributed by atoms with Crippen LogP contribution in [0.4, 0.5) is 0 Å². The van der Waals surface area contributed by atoms with Crippen molar-refractivity contribution in [1.29, 1.82) is 0 Å². The monoisotopic (exact) mass is 452 g/mol. The minimum Gasteiger partial charge on any atom is -0.481 e. The van der Waals surface area contributed by atoms with Crippen LogP contribution in [0.15, 0.2) is 30.5 Å². The molecule has 6 rings (SSSR count). The van der Waals surface area contributed by atoms with Crippen molar-refractivity contribution in [2.75, 3.05) is 33.4 Å². The van der Waals surface area contributed by atoms with Crippen LogP contribution >= 0.6 is 11.6 Å². The molecule has 6 nitrogen and oxygen atoms in total. The fourth-order valence-electron chi connectivity index (χ4n) is 6.19. The molecule has 1 unspecified atom stereocenters. The SMILES string of the molecule is COc1cc(-c2n[nH]c3cc(Cl)c(C4C[C@@H]5CN(C6CCOCC6)C[C@@H]5C4)cc23)ccn1. The van der Waals surface area contributed by atoms with E-state index in [1.54, 1.807) is 13.3 Å². The molecule has 1 aromatic carbocycles. The van der Waals surface area contributed by atoms with E-state index in [1.807, 2.05) is 18.2 Å². The van der Waals surface area contributed by atoms with Crippen LogP contribution in [-0.2, 0) is 4.74 Å². The third-order valence-corrected chi connectivity index (χ3v) is 8.15. The first-order chi connectivity index (χ1) is 15.7. The maximum Gasteiger partial charge on any atom is 0.213 e. The van der Waals surface area contributed by atoms with Gasteiger partial charge in [-0.15, -0.1) is 0 Å². The summed E-state index contributed by atoms with van der Waals surface area (Å²) in [5, 5.41) is 9.70. The van der Waals surface area contributed by atoms with Gasteiger partial charge in [-0.1, -0.05) is 11.6 Å². The number of methoxy groups -OCH3 is 1. The summed E-state index contributed by atoms with van der Waals surface area (Å²) in [6.07, 6.45) is 6.59. The Bertz CT molecular complexity index is 1110. The molecule has 0 amide bonds. The molecule has 3 atom stereocenters. The maximum absolute atomic E-state index is 6.79. The normalized spacial score (nSPS) is 26.6. The average Bonchev–Trinajstić information content (AvgIpc) is 3.52. The van der Waals surface area contributed by atoms with Crippen LogP contribution in [0.25, 0.3) is 22.2 Å². The average molecular weight is 453 g/mol. The van der Waals surface area contributed by atoms with Gasteiger partial charge in [0.05, 0.1) is 12.6 Å². The summed E-state index contributed by atoms with van der Waals surface area (Å²) in [6, 6.07) is 8.93. The number of pyridine rings is 1. The van der Waals surface area contributed by atoms with Gasteiger partial charge in [0.1, 0.15) is 5.69 Å². The number of H-pyrrole nitrogens is 1. The zero-order valence-electron chi connectivity index (χ0n) is 18.4. The molecule has 0 radical (unpaired) electrons. The van der Waals surface area contributed by atoms with Crippen molar-refractivity contribution >= 4 is 22.5 Å². The van der Waals surface area contributed by atoms with Crippen LogP contribution in [0.2, 0.25) is 5.02 Å². The molecule has 0 spiro atoms. The molecule has 3 aromatic rings. The second-order valence-corrected chi connectivity index (χ2v) is 9.97. The van der Waals surface area contributed by atoms with Crippen LogP contribution in [0.1, 0.15) is 37.2 Å². The van der Waals surface area contributed by atoms with E-state index in [1.165, 1.54) is 44.3 Å². The van der Waals surface area contributed by atoms with Gasteiger partial charge >= 0.3 is 0 Å². The van der Waals surface area contributed by atoms with Gasteiger partial charge in [0, 0.05) is 60.6 Å². The maximum atomic E-state index is 6.79. The lowest BCUT2D eigenvalue weighted by Gasteiger charge is -2.32. The molecule has 1 aliphatic carbocycles. The Morgan fingerprint density at radius 1 is 1.12 bits per heavy atom. The number of likely N-dealkylation sites (tertiary alicyclic amines) is 1. The highest BCUT2D eigenvalue weighted by Gasteiger charge is 2.43. The van der Waals surface area contributed by atoms with E-state index in [0.29, 0.717) is 11.8 Å². The van der Waals surface area contributed by atoms with Crippen LogP contribution in [-0.4, -0.2) is 59.5 Å². The minimum absolute atomic E-state index is 0.522. The van der Waals surface area contributed by atoms with Crippen molar-refractivity contribution in [3.63, 3.8) is 0 Å². The first kappa shape index (κ1) is 20.5. The van der Waals surface area contributed by atoms with Gasteiger partial charge in [0.15, 0.2) is 0 Å². The van der Waals surface area contributed by atoms with Gasteiger partial charge in [0.25, 0.3) is 0 Å². The Kier molecular flexibility index (Phi) is 5.32. The molecule has 2 aromatic heterocycles. The Balaban J connectivity index is 1.25. The summed E-state index contributed by atoms with van der Waals surface area (Å²) in [6.45, 7) is 4.31. The summed E-state index contributed by atoms with van der Waals surface area (Å²) in [4.78, 5) is 6.96. The topological polar surface area (TPSA) is 63.3 Å². The number of nitrogens with one attached hydrogen (secondary N) is 1. The molecule has 3 aliphatic rings. The highest BCUT2D eigenvalue weighted by atomic mass is 35.5. The predicted octanol–water partition coefficient (Wildman–Crippen LogP) is 4.89. The van der Waals surface area contributed by atoms with Crippen LogP contribution in [0.5, 0.6) is 5.88 Å². The van der Waals surface area contributed by atoms with E-state index in [2.05, 4.69) is 26.1 Å². The summed E-state index contributed by atoms with van der Waals surface area (Å²) >= 11 is 6.79. The van der Waals surface area contributed by atoms with Crippen molar-refractivity contribution < 1.29 is 9.47 Å². The number of halogens is 1. The molecule has 3 fully saturated rings. The molecule has 1 saturated carbocycles. The quantitative estimate of drug-likeness (QED) is 0.610. The fraction of sp³-hybridized carbons (Fsp3) is 0.520. The third-order valence-electron chi connectivity index (χ3n) is 7.82. The number of aromatic amines is 1. The van der Waals surface area contributed by atoms with Gasteiger partial charge in [-0.3, -0.25) is 10.00 Å². The fourth-order valence-corrected chi connectivity index (χ4v) is 6.51. The number of nitrogens with zero attached hydrogens (tertiary/aromatic N) is 3. The second-order valence-electron chi connectivity index (χ2n) is 9.56. The molecule has 2 saturated heterocycles. The highest BCUT2D eigenvalue weighted by molar-refractivity contribution is 6.32. The van der Waals surface area contributed by atoms with E-state index in [-0.39, 0.29) is 0 Å². The van der Waals surface area contributed by atoms with Gasteiger partial charge in [0.2, 0.25) is 5.88 Å². The first-order valence-corrected chi connectivity index (χ1v) is 12.1. The van der Waals surface area contributed by atoms with Crippen molar-refractivity contribution in [2.45, 2.75) is 37.6 Å². The van der Waals surface area contributed by atoms with Gasteiger partial charge in [-0.2, -0.15) is 5.10 Å². The summed E-state index contributed by atoms with van der Waals surface area (Å²) in [5.74, 6) is 2.67. The molecule has 1 N–H and O–H groups in total. The lowest BCUT2D eigenvalue weighted by molar-refractivity contribution is 0.0395. The standard InChI is InChI=1S/C25H29ClN4O2/c1-31-24-10-15(2-5-27-24)25-21-11-20(22(26)12-23(21)28-29-25)16-8-17-13-30(14-18(17)9-16)19-3-6-32-7-4-19/h2,5,10-12,16-19H,3-4,6-9,13-14H2,1H3,(H,28,29)/t16?,17-,18+. The number of benzene rings is 1. The van der Waals surface area contributed by atoms with Gasteiger partial charge < -0.3 is 9.47 Å².